The molecular weight excluding hydrogens is 300 g/mol. The zero-order valence-corrected chi connectivity index (χ0v) is 11.9. The molecule has 6 heteroatoms. The Bertz CT molecular complexity index is 792. The van der Waals surface area contributed by atoms with E-state index in [1.165, 1.54) is 42.5 Å². The van der Waals surface area contributed by atoms with Gasteiger partial charge in [0.15, 0.2) is 17.3 Å². The third-order valence-electron chi connectivity index (χ3n) is 3.15. The van der Waals surface area contributed by atoms with Crippen LogP contribution < -0.4 is 0 Å². The summed E-state index contributed by atoms with van der Waals surface area (Å²) in [7, 11) is 0. The Morgan fingerprint density at radius 1 is 0.957 bits per heavy atom. The lowest BCUT2D eigenvalue weighted by Crippen LogP contribution is -2.06. The molecule has 0 radical (unpaired) electrons. The highest BCUT2D eigenvalue weighted by Crippen LogP contribution is 2.25. The van der Waals surface area contributed by atoms with Gasteiger partial charge >= 0.3 is 5.97 Å². The topological polar surface area (TPSA) is 115 Å². The molecule has 4 N–H and O–H groups in total. The lowest BCUT2D eigenvalue weighted by molar-refractivity contribution is -0.113. The summed E-state index contributed by atoms with van der Waals surface area (Å²) in [5.41, 5.74) is 0.672. The van der Waals surface area contributed by atoms with E-state index in [9.17, 15) is 24.9 Å². The van der Waals surface area contributed by atoms with Gasteiger partial charge in [-0.05, 0) is 41.5 Å². The zero-order chi connectivity index (χ0) is 17.0. The number of carbonyl (C=O) groups excluding carboxylic acids is 1. The SMILES string of the molecule is O=C(/C=C/c1ccc(O)c(O)c1)Cc1ccc(O)cc1C(=O)O. The molecule has 0 fully saturated rings. The van der Waals surface area contributed by atoms with Crippen molar-refractivity contribution < 1.29 is 30.0 Å². The number of benzene rings is 2. The number of hydrogen-bond donors (Lipinski definition) is 4. The molecule has 0 atom stereocenters. The van der Waals surface area contributed by atoms with Crippen molar-refractivity contribution in [1.82, 2.24) is 0 Å². The van der Waals surface area contributed by atoms with Crippen molar-refractivity contribution in [2.45, 2.75) is 6.42 Å². The lowest BCUT2D eigenvalue weighted by atomic mass is 10.0. The van der Waals surface area contributed by atoms with E-state index >= 15 is 0 Å². The van der Waals surface area contributed by atoms with Gasteiger partial charge < -0.3 is 20.4 Å². The molecule has 0 saturated carbocycles. The second-order valence-electron chi connectivity index (χ2n) is 4.87. The lowest BCUT2D eigenvalue weighted by Gasteiger charge is -2.04. The monoisotopic (exact) mass is 314 g/mol. The summed E-state index contributed by atoms with van der Waals surface area (Å²) < 4.78 is 0. The van der Waals surface area contributed by atoms with Gasteiger partial charge in [0.25, 0.3) is 0 Å². The van der Waals surface area contributed by atoms with Crippen molar-refractivity contribution in [3.05, 3.63) is 59.2 Å². The molecule has 2 aromatic rings. The molecule has 0 bridgehead atoms. The van der Waals surface area contributed by atoms with Crippen LogP contribution in [0.25, 0.3) is 6.08 Å². The third-order valence-corrected chi connectivity index (χ3v) is 3.15. The van der Waals surface area contributed by atoms with Gasteiger partial charge in [0, 0.05) is 6.42 Å². The van der Waals surface area contributed by atoms with Crippen molar-refractivity contribution >= 4 is 17.8 Å². The maximum atomic E-state index is 11.9. The number of carbonyl (C=O) groups is 2. The Balaban J connectivity index is 2.15. The number of aromatic carboxylic acids is 1. The maximum absolute atomic E-state index is 11.9. The largest absolute Gasteiger partial charge is 0.508 e. The molecule has 0 aliphatic carbocycles. The highest BCUT2D eigenvalue weighted by Gasteiger charge is 2.13. The van der Waals surface area contributed by atoms with Gasteiger partial charge in [-0.25, -0.2) is 4.79 Å². The van der Waals surface area contributed by atoms with Crippen LogP contribution in [0.1, 0.15) is 21.5 Å². The Morgan fingerprint density at radius 2 is 1.70 bits per heavy atom. The maximum Gasteiger partial charge on any atom is 0.336 e. The third kappa shape index (κ3) is 4.10. The van der Waals surface area contributed by atoms with Crippen LogP contribution >= 0.6 is 0 Å². The summed E-state index contributed by atoms with van der Waals surface area (Å²) in [6, 6.07) is 7.90. The summed E-state index contributed by atoms with van der Waals surface area (Å²) in [5, 5.41) is 37.0. The van der Waals surface area contributed by atoms with E-state index in [4.69, 9.17) is 5.11 Å². The van der Waals surface area contributed by atoms with Crippen molar-refractivity contribution in [2.24, 2.45) is 0 Å². The molecule has 0 saturated heterocycles. The number of allylic oxidation sites excluding steroid dienone is 1. The zero-order valence-electron chi connectivity index (χ0n) is 11.9. The summed E-state index contributed by atoms with van der Waals surface area (Å²) in [4.78, 5) is 23.1. The smallest absolute Gasteiger partial charge is 0.336 e. The molecular formula is C17H14O6. The van der Waals surface area contributed by atoms with E-state index < -0.39 is 5.97 Å². The molecule has 0 aliphatic rings. The van der Waals surface area contributed by atoms with Gasteiger partial charge in [-0.2, -0.15) is 0 Å². The predicted molar refractivity (Wildman–Crippen MR) is 82.6 cm³/mol. The van der Waals surface area contributed by atoms with Crippen LogP contribution in [0.3, 0.4) is 0 Å². The molecule has 0 aliphatic heterocycles. The minimum Gasteiger partial charge on any atom is -0.508 e. The summed E-state index contributed by atoms with van der Waals surface area (Å²) in [6.07, 6.45) is 2.56. The molecule has 2 aromatic carbocycles. The molecule has 0 aromatic heterocycles. The molecule has 118 valence electrons. The standard InChI is InChI=1S/C17H14O6/c18-12(4-1-10-2-6-15(20)16(21)7-10)8-11-3-5-13(19)9-14(11)17(22)23/h1-7,9,19-21H,8H2,(H,22,23)/b4-1+. The van der Waals surface area contributed by atoms with Crippen LogP contribution in [0.2, 0.25) is 0 Å². The summed E-state index contributed by atoms with van der Waals surface area (Å²) in [6.45, 7) is 0. The van der Waals surface area contributed by atoms with Gasteiger partial charge in [0.2, 0.25) is 0 Å². The molecule has 6 nitrogen and oxygen atoms in total. The Labute approximate surface area is 131 Å². The van der Waals surface area contributed by atoms with Crippen molar-refractivity contribution in [1.29, 1.82) is 0 Å². The highest BCUT2D eigenvalue weighted by molar-refractivity contribution is 5.98. The fourth-order valence-electron chi connectivity index (χ4n) is 2.00. The average Bonchev–Trinajstić information content (AvgIpc) is 2.50. The average molecular weight is 314 g/mol. The number of carboxylic acid groups (broad SMARTS) is 1. The molecule has 0 unspecified atom stereocenters. The van der Waals surface area contributed by atoms with Gasteiger partial charge in [-0.1, -0.05) is 18.2 Å². The minimum atomic E-state index is -1.23. The number of rotatable bonds is 5. The van der Waals surface area contributed by atoms with E-state index in [0.717, 1.165) is 6.07 Å². The first kappa shape index (κ1) is 16.1. The first-order valence-electron chi connectivity index (χ1n) is 6.65. The van der Waals surface area contributed by atoms with Crippen molar-refractivity contribution in [3.8, 4) is 17.2 Å². The molecule has 0 heterocycles. The van der Waals surface area contributed by atoms with E-state index in [0.29, 0.717) is 11.1 Å². The van der Waals surface area contributed by atoms with Crippen LogP contribution in [0.4, 0.5) is 0 Å². The summed E-state index contributed by atoms with van der Waals surface area (Å²) in [5.74, 6) is -2.31. The van der Waals surface area contributed by atoms with E-state index in [-0.39, 0.29) is 35.0 Å². The fourth-order valence-corrected chi connectivity index (χ4v) is 2.00. The molecule has 23 heavy (non-hydrogen) atoms. The first-order chi connectivity index (χ1) is 10.9. The second-order valence-corrected chi connectivity index (χ2v) is 4.87. The Hall–Kier alpha value is -3.28. The highest BCUT2D eigenvalue weighted by atomic mass is 16.4. The van der Waals surface area contributed by atoms with Gasteiger partial charge in [0.1, 0.15) is 5.75 Å². The van der Waals surface area contributed by atoms with Gasteiger partial charge in [-0.3, -0.25) is 4.79 Å². The van der Waals surface area contributed by atoms with Gasteiger partial charge in [-0.15, -0.1) is 0 Å². The molecule has 2 rings (SSSR count). The fraction of sp³-hybridized carbons (Fsp3) is 0.0588. The minimum absolute atomic E-state index is 0.131. The number of aromatic hydroxyl groups is 3. The molecule has 0 spiro atoms. The van der Waals surface area contributed by atoms with Crippen LogP contribution in [-0.2, 0) is 11.2 Å². The van der Waals surface area contributed by atoms with E-state index in [1.807, 2.05) is 0 Å². The quantitative estimate of drug-likeness (QED) is 0.497. The number of phenolic OH excluding ortho intramolecular Hbond substituents is 3. The van der Waals surface area contributed by atoms with E-state index in [1.54, 1.807) is 0 Å². The normalized spacial score (nSPS) is 10.8. The summed E-state index contributed by atoms with van der Waals surface area (Å²) >= 11 is 0. The van der Waals surface area contributed by atoms with E-state index in [2.05, 4.69) is 0 Å². The molecule has 0 amide bonds. The van der Waals surface area contributed by atoms with Crippen molar-refractivity contribution in [2.75, 3.05) is 0 Å². The Morgan fingerprint density at radius 3 is 2.35 bits per heavy atom. The predicted octanol–water partition coefficient (Wildman–Crippen LogP) is 2.33. The Kier molecular flexibility index (Phi) is 4.66. The number of carboxylic acids is 1. The van der Waals surface area contributed by atoms with Gasteiger partial charge in [0.05, 0.1) is 5.56 Å². The first-order valence-corrected chi connectivity index (χ1v) is 6.65. The van der Waals surface area contributed by atoms with Crippen LogP contribution in [0.5, 0.6) is 17.2 Å². The number of hydrogen-bond acceptors (Lipinski definition) is 5. The second kappa shape index (κ2) is 6.65. The van der Waals surface area contributed by atoms with Crippen LogP contribution in [-0.4, -0.2) is 32.2 Å². The number of ketones is 1. The van der Waals surface area contributed by atoms with Crippen LogP contribution in [0, 0.1) is 0 Å². The van der Waals surface area contributed by atoms with Crippen LogP contribution in [0.15, 0.2) is 42.5 Å². The number of phenols is 3. The van der Waals surface area contributed by atoms with Crippen molar-refractivity contribution in [3.63, 3.8) is 0 Å².